The third-order valence-electron chi connectivity index (χ3n) is 5.94. The van der Waals surface area contributed by atoms with Gasteiger partial charge in [0.1, 0.15) is 5.75 Å². The highest BCUT2D eigenvalue weighted by Gasteiger charge is 2.16. The Morgan fingerprint density at radius 2 is 1.58 bits per heavy atom. The summed E-state index contributed by atoms with van der Waals surface area (Å²) < 4.78 is 25.1. The quantitative estimate of drug-likeness (QED) is 0.287. The molecule has 5 rings (SSSR count). The number of hydrogen-bond acceptors (Lipinski definition) is 3. The van der Waals surface area contributed by atoms with Gasteiger partial charge in [0.2, 0.25) is 0 Å². The van der Waals surface area contributed by atoms with Crippen LogP contribution in [-0.4, -0.2) is 12.1 Å². The van der Waals surface area contributed by atoms with Crippen molar-refractivity contribution in [2.45, 2.75) is 39.5 Å². The average molecular weight is 428 g/mol. The van der Waals surface area contributed by atoms with Crippen molar-refractivity contribution < 1.29 is 7.48 Å². The van der Waals surface area contributed by atoms with E-state index in [2.05, 4.69) is 42.5 Å². The summed E-state index contributed by atoms with van der Waals surface area (Å²) in [6.07, 6.45) is 1.79. The van der Waals surface area contributed by atoms with Gasteiger partial charge >= 0.3 is 0 Å². The molecule has 0 saturated heterocycles. The summed E-state index contributed by atoms with van der Waals surface area (Å²) in [5.41, 5.74) is 3.56. The molecule has 2 aromatic heterocycles. The minimum atomic E-state index is -0.825. The van der Waals surface area contributed by atoms with E-state index in [9.17, 15) is 0 Å². The lowest BCUT2D eigenvalue weighted by Gasteiger charge is -2.17. The third-order valence-corrected chi connectivity index (χ3v) is 7.23. The van der Waals surface area contributed by atoms with Gasteiger partial charge in [-0.1, -0.05) is 58.0 Å². The minimum absolute atomic E-state index is 0.801. The van der Waals surface area contributed by atoms with Gasteiger partial charge in [0.25, 0.3) is 0 Å². The van der Waals surface area contributed by atoms with E-state index in [-0.39, 0.29) is 0 Å². The maximum absolute atomic E-state index is 8.71. The summed E-state index contributed by atoms with van der Waals surface area (Å²) in [7, 11) is 1.69. The first-order valence-electron chi connectivity index (χ1n) is 11.5. The molecule has 0 amide bonds. The smallest absolute Gasteiger partial charge is 0.119 e. The Labute approximate surface area is 190 Å². The lowest BCUT2D eigenvalue weighted by atomic mass is 9.91. The average Bonchev–Trinajstić information content (AvgIpc) is 3.16. The number of rotatable bonds is 4. The van der Waals surface area contributed by atoms with Gasteiger partial charge in [-0.2, -0.15) is 0 Å². The van der Waals surface area contributed by atoms with E-state index in [1.54, 1.807) is 24.6 Å². The predicted octanol–water partition coefficient (Wildman–Crippen LogP) is 8.53. The molecular formula is C28H27NOS. The predicted molar refractivity (Wildman–Crippen MR) is 135 cm³/mol. The Morgan fingerprint density at radius 3 is 2.32 bits per heavy atom. The monoisotopic (exact) mass is 427 g/mol. The summed E-state index contributed by atoms with van der Waals surface area (Å²) in [5, 5.41) is 4.82. The van der Waals surface area contributed by atoms with Crippen LogP contribution >= 0.6 is 11.3 Å². The van der Waals surface area contributed by atoms with Crippen LogP contribution in [0.3, 0.4) is 0 Å². The van der Waals surface area contributed by atoms with Gasteiger partial charge in [-0.15, -0.1) is 11.3 Å². The molecule has 0 aliphatic heterocycles. The molecule has 0 aliphatic rings. The van der Waals surface area contributed by atoms with Crippen LogP contribution in [0.25, 0.3) is 42.2 Å². The normalized spacial score (nSPS) is 13.6. The molecule has 2 heterocycles. The van der Waals surface area contributed by atoms with Crippen molar-refractivity contribution in [3.05, 3.63) is 71.9 Å². The Bertz CT molecular complexity index is 1520. The van der Waals surface area contributed by atoms with Crippen LogP contribution in [0.5, 0.6) is 5.75 Å². The highest BCUT2D eigenvalue weighted by atomic mass is 32.1. The van der Waals surface area contributed by atoms with Crippen molar-refractivity contribution >= 4 is 42.3 Å². The highest BCUT2D eigenvalue weighted by Crippen LogP contribution is 2.43. The van der Waals surface area contributed by atoms with E-state index in [1.807, 2.05) is 39.8 Å². The SMILES string of the molecule is [2H]C(C)(C)c1cnc(-c2cccc3c2sc2c4ccc(OC)cc4ccc32)cc1C([2H])(C)C. The van der Waals surface area contributed by atoms with Gasteiger partial charge in [0.15, 0.2) is 0 Å². The molecule has 0 bridgehead atoms. The number of aromatic nitrogens is 1. The van der Waals surface area contributed by atoms with Gasteiger partial charge in [0, 0.05) is 34.7 Å². The van der Waals surface area contributed by atoms with Crippen molar-refractivity contribution in [1.29, 1.82) is 0 Å². The van der Waals surface area contributed by atoms with Crippen LogP contribution < -0.4 is 4.74 Å². The van der Waals surface area contributed by atoms with Crippen LogP contribution in [0, 0.1) is 0 Å². The summed E-state index contributed by atoms with van der Waals surface area (Å²) in [6.45, 7) is 7.46. The van der Waals surface area contributed by atoms with Crippen LogP contribution in [0.15, 0.2) is 60.8 Å². The molecular weight excluding hydrogens is 398 g/mol. The van der Waals surface area contributed by atoms with Crippen molar-refractivity contribution in [1.82, 2.24) is 4.98 Å². The Kier molecular flexibility index (Phi) is 4.38. The van der Waals surface area contributed by atoms with E-state index >= 15 is 0 Å². The van der Waals surface area contributed by atoms with Crippen LogP contribution in [0.4, 0.5) is 0 Å². The van der Waals surface area contributed by atoms with Gasteiger partial charge < -0.3 is 4.74 Å². The standard InChI is InChI=1S/C28H27NOS/c1-16(2)24-14-26(29-15-25(24)17(3)4)23-8-6-7-21-22-11-9-18-13-19(30-5)10-12-20(18)27(22)31-28(21)23/h6-17H,1-5H3/i16D,17D. The maximum atomic E-state index is 8.71. The fourth-order valence-corrected chi connectivity index (χ4v) is 5.66. The molecule has 0 N–H and O–H groups in total. The molecule has 5 aromatic rings. The topological polar surface area (TPSA) is 22.1 Å². The number of pyridine rings is 1. The maximum Gasteiger partial charge on any atom is 0.119 e. The zero-order chi connectivity index (χ0) is 23.5. The van der Waals surface area contributed by atoms with Crippen LogP contribution in [0.2, 0.25) is 0 Å². The number of fused-ring (bicyclic) bond motifs is 5. The Hall–Kier alpha value is -2.91. The van der Waals surface area contributed by atoms with Crippen molar-refractivity contribution in [2.75, 3.05) is 7.11 Å². The van der Waals surface area contributed by atoms with Crippen molar-refractivity contribution in [3.63, 3.8) is 0 Å². The number of hydrogen-bond donors (Lipinski definition) is 0. The lowest BCUT2D eigenvalue weighted by Crippen LogP contribution is -2.01. The van der Waals surface area contributed by atoms with E-state index < -0.39 is 11.8 Å². The fourth-order valence-electron chi connectivity index (χ4n) is 4.31. The number of nitrogens with zero attached hydrogens (tertiary/aromatic N) is 1. The first kappa shape index (κ1) is 17.7. The van der Waals surface area contributed by atoms with Gasteiger partial charge in [-0.25, -0.2) is 0 Å². The lowest BCUT2D eigenvalue weighted by molar-refractivity contribution is 0.415. The van der Waals surface area contributed by atoms with Gasteiger partial charge in [0.05, 0.1) is 12.8 Å². The van der Waals surface area contributed by atoms with E-state index in [0.717, 1.165) is 33.5 Å². The van der Waals surface area contributed by atoms with E-state index in [1.165, 1.54) is 25.6 Å². The molecule has 2 nitrogen and oxygen atoms in total. The molecule has 156 valence electrons. The Morgan fingerprint density at radius 1 is 0.839 bits per heavy atom. The molecule has 31 heavy (non-hydrogen) atoms. The number of methoxy groups -OCH3 is 1. The van der Waals surface area contributed by atoms with E-state index in [4.69, 9.17) is 12.5 Å². The molecule has 0 fully saturated rings. The number of thiophene rings is 1. The first-order chi connectivity index (χ1) is 15.6. The second kappa shape index (κ2) is 7.65. The van der Waals surface area contributed by atoms with Crippen LogP contribution in [0.1, 0.15) is 53.4 Å². The Balaban J connectivity index is 1.78. The fraction of sp³-hybridized carbons (Fsp3) is 0.250. The minimum Gasteiger partial charge on any atom is -0.497 e. The second-order valence-electron chi connectivity index (χ2n) is 8.43. The summed E-state index contributed by atoms with van der Waals surface area (Å²) >= 11 is 1.78. The molecule has 3 aromatic carbocycles. The third kappa shape index (κ3) is 3.28. The summed E-state index contributed by atoms with van der Waals surface area (Å²) in [6, 6.07) is 18.9. The molecule has 0 atom stereocenters. The largest absolute Gasteiger partial charge is 0.497 e. The zero-order valence-electron chi connectivity index (χ0n) is 20.5. The second-order valence-corrected chi connectivity index (χ2v) is 9.45. The van der Waals surface area contributed by atoms with Crippen molar-refractivity contribution in [2.24, 2.45) is 0 Å². The highest BCUT2D eigenvalue weighted by molar-refractivity contribution is 7.27. The summed E-state index contributed by atoms with van der Waals surface area (Å²) in [5.74, 6) is -0.784. The summed E-state index contributed by atoms with van der Waals surface area (Å²) in [4.78, 5) is 4.78. The molecule has 0 unspecified atom stereocenters. The van der Waals surface area contributed by atoms with Gasteiger partial charge in [-0.05, 0) is 58.0 Å². The zero-order valence-corrected chi connectivity index (χ0v) is 19.4. The molecule has 0 spiro atoms. The first-order valence-corrected chi connectivity index (χ1v) is 11.3. The van der Waals surface area contributed by atoms with Crippen molar-refractivity contribution in [3.8, 4) is 17.0 Å². The molecule has 0 radical (unpaired) electrons. The molecule has 3 heteroatoms. The number of ether oxygens (including phenoxy) is 1. The molecule has 0 aliphatic carbocycles. The number of benzene rings is 3. The van der Waals surface area contributed by atoms with Gasteiger partial charge in [-0.3, -0.25) is 4.98 Å². The molecule has 0 saturated carbocycles. The van der Waals surface area contributed by atoms with E-state index in [0.29, 0.717) is 0 Å². The van der Waals surface area contributed by atoms with Crippen LogP contribution in [-0.2, 0) is 0 Å².